The number of rotatable bonds is 2. The van der Waals surface area contributed by atoms with Crippen LogP contribution in [0.15, 0.2) is 18.2 Å². The fraction of sp³-hybridized carbons (Fsp3) is 0.562. The zero-order valence-electron chi connectivity index (χ0n) is 13.1. The number of aliphatic hydroxyl groups excluding tert-OH is 2. The van der Waals surface area contributed by atoms with Gasteiger partial charge in [-0.2, -0.15) is 0 Å². The highest BCUT2D eigenvalue weighted by atomic mass is 19.1. The Labute approximate surface area is 138 Å². The van der Waals surface area contributed by atoms with E-state index >= 15 is 0 Å². The molecular formula is C16H20F2N2O4. The van der Waals surface area contributed by atoms with Gasteiger partial charge in [0.1, 0.15) is 23.3 Å². The summed E-state index contributed by atoms with van der Waals surface area (Å²) in [5.74, 6) is -2.42. The highest BCUT2D eigenvalue weighted by Gasteiger charge is 2.37. The van der Waals surface area contributed by atoms with E-state index in [4.69, 9.17) is 4.74 Å². The summed E-state index contributed by atoms with van der Waals surface area (Å²) in [6.45, 7) is 1.83. The monoisotopic (exact) mass is 342 g/mol. The zero-order chi connectivity index (χ0) is 17.3. The minimum atomic E-state index is -0.934. The van der Waals surface area contributed by atoms with Gasteiger partial charge in [-0.05, 0) is 12.1 Å². The van der Waals surface area contributed by atoms with E-state index in [0.717, 1.165) is 12.1 Å². The standard InChI is InChI=1S/C16H20F2N2O4/c17-10-2-1-3-11(18)14(10)16(23)20-6-4-19(5-7-20)12-8-24-9-13(21)15(12)22/h1-3,12-13,15,21-22H,4-9H2/t12-,13-,15+/m1/s1. The van der Waals surface area contributed by atoms with Gasteiger partial charge in [0.15, 0.2) is 0 Å². The third-order valence-corrected chi connectivity index (χ3v) is 4.61. The van der Waals surface area contributed by atoms with Crippen molar-refractivity contribution in [1.82, 2.24) is 9.80 Å². The first-order valence-corrected chi connectivity index (χ1v) is 7.90. The number of benzene rings is 1. The van der Waals surface area contributed by atoms with Crippen LogP contribution < -0.4 is 0 Å². The van der Waals surface area contributed by atoms with Crippen LogP contribution in [0.4, 0.5) is 8.78 Å². The molecular weight excluding hydrogens is 322 g/mol. The minimum absolute atomic E-state index is 0.0999. The largest absolute Gasteiger partial charge is 0.389 e. The third-order valence-electron chi connectivity index (χ3n) is 4.61. The minimum Gasteiger partial charge on any atom is -0.389 e. The second-order valence-electron chi connectivity index (χ2n) is 6.09. The Morgan fingerprint density at radius 1 is 1.08 bits per heavy atom. The van der Waals surface area contributed by atoms with Crippen LogP contribution in [0.25, 0.3) is 0 Å². The number of hydrogen-bond donors (Lipinski definition) is 2. The van der Waals surface area contributed by atoms with Crippen LogP contribution >= 0.6 is 0 Å². The number of carbonyl (C=O) groups is 1. The Morgan fingerprint density at radius 3 is 2.33 bits per heavy atom. The van der Waals surface area contributed by atoms with Crippen molar-refractivity contribution in [3.05, 3.63) is 35.4 Å². The highest BCUT2D eigenvalue weighted by Crippen LogP contribution is 2.19. The molecule has 2 fully saturated rings. The van der Waals surface area contributed by atoms with E-state index in [2.05, 4.69) is 0 Å². The first-order chi connectivity index (χ1) is 11.5. The molecule has 1 aromatic carbocycles. The molecule has 8 heteroatoms. The normalized spacial score (nSPS) is 28.8. The van der Waals surface area contributed by atoms with Crippen molar-refractivity contribution in [2.45, 2.75) is 18.2 Å². The molecule has 132 valence electrons. The van der Waals surface area contributed by atoms with Gasteiger partial charge in [-0.25, -0.2) is 8.78 Å². The number of nitrogens with zero attached hydrogens (tertiary/aromatic N) is 2. The zero-order valence-corrected chi connectivity index (χ0v) is 13.1. The summed E-state index contributed by atoms with van der Waals surface area (Å²) in [6, 6.07) is 2.99. The Kier molecular flexibility index (Phi) is 5.09. The van der Waals surface area contributed by atoms with Gasteiger partial charge in [-0.3, -0.25) is 9.69 Å². The molecule has 0 spiro atoms. The number of amides is 1. The summed E-state index contributed by atoms with van der Waals surface area (Å²) in [6.07, 6.45) is -1.85. The van der Waals surface area contributed by atoms with Gasteiger partial charge >= 0.3 is 0 Å². The number of halogens is 2. The van der Waals surface area contributed by atoms with Crippen molar-refractivity contribution in [3.63, 3.8) is 0 Å². The fourth-order valence-corrected chi connectivity index (χ4v) is 3.20. The first-order valence-electron chi connectivity index (χ1n) is 7.90. The molecule has 2 aliphatic heterocycles. The molecule has 0 saturated carbocycles. The molecule has 2 N–H and O–H groups in total. The molecule has 2 aliphatic rings. The summed E-state index contributed by atoms with van der Waals surface area (Å²) in [5.41, 5.74) is -0.539. The quantitative estimate of drug-likeness (QED) is 0.782. The predicted molar refractivity (Wildman–Crippen MR) is 80.5 cm³/mol. The Hall–Kier alpha value is -1.61. The lowest BCUT2D eigenvalue weighted by Crippen LogP contribution is -2.60. The highest BCUT2D eigenvalue weighted by molar-refractivity contribution is 5.94. The van der Waals surface area contributed by atoms with Crippen LogP contribution in [0.1, 0.15) is 10.4 Å². The third kappa shape index (κ3) is 3.27. The van der Waals surface area contributed by atoms with Crippen molar-refractivity contribution in [3.8, 4) is 0 Å². The average molecular weight is 342 g/mol. The van der Waals surface area contributed by atoms with Gasteiger partial charge in [0, 0.05) is 26.2 Å². The lowest BCUT2D eigenvalue weighted by molar-refractivity contribution is -0.136. The molecule has 0 aliphatic carbocycles. The fourth-order valence-electron chi connectivity index (χ4n) is 3.20. The van der Waals surface area contributed by atoms with E-state index in [9.17, 15) is 23.8 Å². The molecule has 24 heavy (non-hydrogen) atoms. The summed E-state index contributed by atoms with van der Waals surface area (Å²) >= 11 is 0. The Bertz CT molecular complexity index is 587. The van der Waals surface area contributed by atoms with Gasteiger partial charge in [0.2, 0.25) is 0 Å². The second kappa shape index (κ2) is 7.10. The van der Waals surface area contributed by atoms with E-state index in [0.29, 0.717) is 19.7 Å². The smallest absolute Gasteiger partial charge is 0.259 e. The van der Waals surface area contributed by atoms with Crippen molar-refractivity contribution < 1.29 is 28.5 Å². The van der Waals surface area contributed by atoms with E-state index < -0.39 is 35.3 Å². The Balaban J connectivity index is 1.64. The lowest BCUT2D eigenvalue weighted by atomic mass is 10.0. The maximum atomic E-state index is 13.7. The van der Waals surface area contributed by atoms with Crippen LogP contribution in [0, 0.1) is 11.6 Å². The molecule has 1 amide bonds. The maximum absolute atomic E-state index is 13.7. The molecule has 6 nitrogen and oxygen atoms in total. The number of carbonyl (C=O) groups excluding carboxylic acids is 1. The van der Waals surface area contributed by atoms with Crippen molar-refractivity contribution in [2.75, 3.05) is 39.4 Å². The molecule has 0 unspecified atom stereocenters. The summed E-state index contributed by atoms with van der Waals surface area (Å²) in [4.78, 5) is 15.7. The van der Waals surface area contributed by atoms with Gasteiger partial charge in [-0.15, -0.1) is 0 Å². The second-order valence-corrected chi connectivity index (χ2v) is 6.09. The van der Waals surface area contributed by atoms with Crippen molar-refractivity contribution in [2.24, 2.45) is 0 Å². The van der Waals surface area contributed by atoms with Crippen LogP contribution in [-0.2, 0) is 4.74 Å². The van der Waals surface area contributed by atoms with Crippen molar-refractivity contribution >= 4 is 5.91 Å². The van der Waals surface area contributed by atoms with E-state index in [1.807, 2.05) is 4.90 Å². The van der Waals surface area contributed by atoms with E-state index in [-0.39, 0.29) is 25.7 Å². The van der Waals surface area contributed by atoms with E-state index in [1.165, 1.54) is 11.0 Å². The summed E-state index contributed by atoms with van der Waals surface area (Å²) < 4.78 is 32.7. The van der Waals surface area contributed by atoms with Gasteiger partial charge < -0.3 is 19.8 Å². The predicted octanol–water partition coefficient (Wildman–Crippen LogP) is -0.157. The van der Waals surface area contributed by atoms with Crippen LogP contribution in [0.2, 0.25) is 0 Å². The van der Waals surface area contributed by atoms with Gasteiger partial charge in [0.05, 0.1) is 25.4 Å². The molecule has 0 aromatic heterocycles. The number of hydrogen-bond acceptors (Lipinski definition) is 5. The van der Waals surface area contributed by atoms with E-state index in [1.54, 1.807) is 0 Å². The molecule has 2 saturated heterocycles. The summed E-state index contributed by atoms with van der Waals surface area (Å²) in [7, 11) is 0. The van der Waals surface area contributed by atoms with Crippen LogP contribution in [-0.4, -0.2) is 83.6 Å². The van der Waals surface area contributed by atoms with Crippen LogP contribution in [0.5, 0.6) is 0 Å². The molecule has 3 atom stereocenters. The number of aliphatic hydroxyl groups is 2. The Morgan fingerprint density at radius 2 is 1.71 bits per heavy atom. The van der Waals surface area contributed by atoms with Crippen molar-refractivity contribution in [1.29, 1.82) is 0 Å². The topological polar surface area (TPSA) is 73.2 Å². The lowest BCUT2D eigenvalue weighted by Gasteiger charge is -2.43. The molecule has 0 bridgehead atoms. The number of ether oxygens (including phenoxy) is 1. The average Bonchev–Trinajstić information content (AvgIpc) is 2.57. The first kappa shape index (κ1) is 17.2. The molecule has 2 heterocycles. The molecule has 1 aromatic rings. The maximum Gasteiger partial charge on any atom is 0.259 e. The molecule has 3 rings (SSSR count). The van der Waals surface area contributed by atoms with Gasteiger partial charge in [0.25, 0.3) is 5.91 Å². The molecule has 0 radical (unpaired) electrons. The van der Waals surface area contributed by atoms with Gasteiger partial charge in [-0.1, -0.05) is 6.07 Å². The SMILES string of the molecule is O=C(c1c(F)cccc1F)N1CCN([C@@H]2COC[C@@H](O)[C@H]2O)CC1. The summed E-state index contributed by atoms with van der Waals surface area (Å²) in [5, 5.41) is 19.7. The number of piperazine rings is 1. The van der Waals surface area contributed by atoms with Crippen LogP contribution in [0.3, 0.4) is 0 Å².